The number of carbonyl (C=O) groups is 2. The molecule has 1 rings (SSSR count). The Morgan fingerprint density at radius 3 is 2.52 bits per heavy atom. The number of rotatable bonds is 7. The van der Waals surface area contributed by atoms with Gasteiger partial charge in [0, 0.05) is 31.7 Å². The van der Waals surface area contributed by atoms with Crippen molar-refractivity contribution in [3.8, 4) is 0 Å². The lowest BCUT2D eigenvalue weighted by Crippen LogP contribution is -2.37. The molecule has 1 atom stereocenters. The second kappa shape index (κ2) is 8.34. The Morgan fingerprint density at radius 1 is 1.29 bits per heavy atom. The van der Waals surface area contributed by atoms with Crippen molar-refractivity contribution in [1.82, 2.24) is 20.2 Å². The average Bonchev–Trinajstić information content (AvgIpc) is 2.48. The highest BCUT2D eigenvalue weighted by atomic mass is 16.2. The third kappa shape index (κ3) is 5.49. The molecule has 6 nitrogen and oxygen atoms in total. The summed E-state index contributed by atoms with van der Waals surface area (Å²) in [6.07, 6.45) is 4.22. The fraction of sp³-hybridized carbons (Fsp3) is 0.600. The van der Waals surface area contributed by atoms with Crippen LogP contribution in [0.4, 0.5) is 0 Å². The quantitative estimate of drug-likeness (QED) is 0.827. The summed E-state index contributed by atoms with van der Waals surface area (Å²) in [6.45, 7) is 8.59. The number of hydrogen-bond acceptors (Lipinski definition) is 4. The summed E-state index contributed by atoms with van der Waals surface area (Å²) in [7, 11) is 0. The van der Waals surface area contributed by atoms with Crippen LogP contribution >= 0.6 is 0 Å². The van der Waals surface area contributed by atoms with Crippen LogP contribution in [-0.4, -0.2) is 45.8 Å². The van der Waals surface area contributed by atoms with E-state index in [0.29, 0.717) is 25.2 Å². The van der Waals surface area contributed by atoms with Gasteiger partial charge in [0.05, 0.1) is 11.9 Å². The third-order valence-corrected chi connectivity index (χ3v) is 3.30. The zero-order valence-corrected chi connectivity index (χ0v) is 13.2. The lowest BCUT2D eigenvalue weighted by atomic mass is 10.2. The maximum Gasteiger partial charge on any atom is 0.274 e. The molecule has 1 aromatic rings. The van der Waals surface area contributed by atoms with Crippen molar-refractivity contribution in [2.75, 3.05) is 13.1 Å². The van der Waals surface area contributed by atoms with E-state index in [9.17, 15) is 9.59 Å². The van der Waals surface area contributed by atoms with Gasteiger partial charge in [-0.15, -0.1) is 0 Å². The van der Waals surface area contributed by atoms with E-state index >= 15 is 0 Å². The summed E-state index contributed by atoms with van der Waals surface area (Å²) in [5.41, 5.74) is 1.08. The van der Waals surface area contributed by atoms with Crippen molar-refractivity contribution in [1.29, 1.82) is 0 Å². The van der Waals surface area contributed by atoms with Gasteiger partial charge in [-0.05, 0) is 27.2 Å². The number of aryl methyl sites for hydroxylation is 1. The van der Waals surface area contributed by atoms with Gasteiger partial charge in [0.2, 0.25) is 5.91 Å². The highest BCUT2D eigenvalue weighted by molar-refractivity contribution is 5.92. The molecule has 0 spiro atoms. The van der Waals surface area contributed by atoms with E-state index in [1.54, 1.807) is 11.1 Å². The molecule has 0 fully saturated rings. The molecule has 1 N–H and O–H groups in total. The first-order chi connectivity index (χ1) is 9.97. The molecule has 0 aliphatic carbocycles. The van der Waals surface area contributed by atoms with Gasteiger partial charge in [-0.1, -0.05) is 6.92 Å². The summed E-state index contributed by atoms with van der Waals surface area (Å²) >= 11 is 0. The van der Waals surface area contributed by atoms with Crippen LogP contribution in [0.25, 0.3) is 0 Å². The summed E-state index contributed by atoms with van der Waals surface area (Å²) < 4.78 is 0. The lowest BCUT2D eigenvalue weighted by molar-refractivity contribution is -0.121. The molecule has 1 unspecified atom stereocenters. The molecule has 0 radical (unpaired) electrons. The first kappa shape index (κ1) is 17.1. The molecule has 0 saturated heterocycles. The highest BCUT2D eigenvalue weighted by Gasteiger charge is 2.17. The molecular weight excluding hydrogens is 268 g/mol. The summed E-state index contributed by atoms with van der Waals surface area (Å²) in [5.74, 6) is -0.230. The molecule has 0 saturated carbocycles. The zero-order chi connectivity index (χ0) is 15.8. The zero-order valence-electron chi connectivity index (χ0n) is 13.2. The van der Waals surface area contributed by atoms with E-state index in [-0.39, 0.29) is 17.9 Å². The molecule has 116 valence electrons. The van der Waals surface area contributed by atoms with Crippen molar-refractivity contribution < 1.29 is 9.59 Å². The molecule has 1 aromatic heterocycles. The van der Waals surface area contributed by atoms with Gasteiger partial charge in [0.15, 0.2) is 0 Å². The van der Waals surface area contributed by atoms with Crippen LogP contribution in [0.1, 0.15) is 49.8 Å². The van der Waals surface area contributed by atoms with E-state index in [1.807, 2.05) is 27.7 Å². The first-order valence-electron chi connectivity index (χ1n) is 7.35. The number of hydrogen-bond donors (Lipinski definition) is 1. The largest absolute Gasteiger partial charge is 0.354 e. The van der Waals surface area contributed by atoms with Crippen molar-refractivity contribution in [2.24, 2.45) is 0 Å². The maximum atomic E-state index is 12.3. The van der Waals surface area contributed by atoms with E-state index < -0.39 is 0 Å². The SMILES string of the molecule is CCC(C)NC(=O)CCN(CC)C(=O)c1cnc(C)cn1. The van der Waals surface area contributed by atoms with Crippen LogP contribution in [0.5, 0.6) is 0 Å². The van der Waals surface area contributed by atoms with Gasteiger partial charge < -0.3 is 10.2 Å². The first-order valence-corrected chi connectivity index (χ1v) is 7.35. The average molecular weight is 292 g/mol. The molecule has 0 aliphatic heterocycles. The Balaban J connectivity index is 2.56. The van der Waals surface area contributed by atoms with Gasteiger partial charge in [0.1, 0.15) is 5.69 Å². The minimum Gasteiger partial charge on any atom is -0.354 e. The van der Waals surface area contributed by atoms with Gasteiger partial charge in [-0.2, -0.15) is 0 Å². The summed E-state index contributed by atoms with van der Waals surface area (Å²) in [4.78, 5) is 33.8. The standard InChI is InChI=1S/C15H24N4O2/c1-5-11(3)18-14(20)7-8-19(6-2)15(21)13-10-16-12(4)9-17-13/h9-11H,5-8H2,1-4H3,(H,18,20). The van der Waals surface area contributed by atoms with Crippen molar-refractivity contribution in [3.05, 3.63) is 23.8 Å². The molecule has 0 aromatic carbocycles. The molecule has 1 heterocycles. The number of nitrogens with zero attached hydrogens (tertiary/aromatic N) is 3. The van der Waals surface area contributed by atoms with Gasteiger partial charge in [0.25, 0.3) is 5.91 Å². The van der Waals surface area contributed by atoms with Crippen LogP contribution in [-0.2, 0) is 4.79 Å². The second-order valence-electron chi connectivity index (χ2n) is 5.05. The second-order valence-corrected chi connectivity index (χ2v) is 5.05. The van der Waals surface area contributed by atoms with Crippen LogP contribution in [0.15, 0.2) is 12.4 Å². The fourth-order valence-corrected chi connectivity index (χ4v) is 1.75. The topological polar surface area (TPSA) is 75.2 Å². The van der Waals surface area contributed by atoms with E-state index in [0.717, 1.165) is 12.1 Å². The molecule has 0 aliphatic rings. The van der Waals surface area contributed by atoms with Crippen LogP contribution in [0, 0.1) is 6.92 Å². The van der Waals surface area contributed by atoms with Crippen LogP contribution in [0.2, 0.25) is 0 Å². The van der Waals surface area contributed by atoms with Gasteiger partial charge in [-0.25, -0.2) is 4.98 Å². The molecule has 6 heteroatoms. The normalized spacial score (nSPS) is 11.8. The van der Waals surface area contributed by atoms with Gasteiger partial charge >= 0.3 is 0 Å². The number of amides is 2. The minimum absolute atomic E-state index is 0.0365. The third-order valence-electron chi connectivity index (χ3n) is 3.30. The Morgan fingerprint density at radius 2 is 2.00 bits per heavy atom. The highest BCUT2D eigenvalue weighted by Crippen LogP contribution is 2.03. The Labute approximate surface area is 126 Å². The maximum absolute atomic E-state index is 12.3. The monoisotopic (exact) mass is 292 g/mol. The molecular formula is C15H24N4O2. The number of nitrogens with one attached hydrogen (secondary N) is 1. The van der Waals surface area contributed by atoms with Gasteiger partial charge in [-0.3, -0.25) is 14.6 Å². The van der Waals surface area contributed by atoms with Crippen LogP contribution < -0.4 is 5.32 Å². The predicted molar refractivity (Wildman–Crippen MR) is 80.9 cm³/mol. The van der Waals surface area contributed by atoms with Crippen molar-refractivity contribution >= 4 is 11.8 Å². The van der Waals surface area contributed by atoms with E-state index in [4.69, 9.17) is 0 Å². The van der Waals surface area contributed by atoms with Crippen molar-refractivity contribution in [3.63, 3.8) is 0 Å². The Kier molecular flexibility index (Phi) is 6.78. The summed E-state index contributed by atoms with van der Waals surface area (Å²) in [5, 5.41) is 2.89. The summed E-state index contributed by atoms with van der Waals surface area (Å²) in [6, 6.07) is 0.159. The Hall–Kier alpha value is -1.98. The lowest BCUT2D eigenvalue weighted by Gasteiger charge is -2.20. The minimum atomic E-state index is -0.193. The predicted octanol–water partition coefficient (Wildman–Crippen LogP) is 1.55. The molecule has 2 amide bonds. The fourth-order valence-electron chi connectivity index (χ4n) is 1.75. The van der Waals surface area contributed by atoms with Crippen molar-refractivity contribution in [2.45, 2.75) is 46.6 Å². The van der Waals surface area contributed by atoms with E-state index in [1.165, 1.54) is 6.20 Å². The number of carbonyl (C=O) groups excluding carboxylic acids is 2. The Bertz CT molecular complexity index is 473. The molecule has 21 heavy (non-hydrogen) atoms. The smallest absolute Gasteiger partial charge is 0.274 e. The number of aromatic nitrogens is 2. The molecule has 0 bridgehead atoms. The van der Waals surface area contributed by atoms with Crippen LogP contribution in [0.3, 0.4) is 0 Å². The van der Waals surface area contributed by atoms with E-state index in [2.05, 4.69) is 15.3 Å².